The number of benzene rings is 1. The quantitative estimate of drug-likeness (QED) is 0.440. The van der Waals surface area contributed by atoms with Crippen LogP contribution < -0.4 is 11.1 Å². The number of urea groups is 1. The van der Waals surface area contributed by atoms with Crippen molar-refractivity contribution in [2.24, 2.45) is 5.73 Å². The van der Waals surface area contributed by atoms with Crippen LogP contribution in [-0.2, 0) is 0 Å². The first-order valence-corrected chi connectivity index (χ1v) is 6.46. The molecule has 70 valence electrons. The van der Waals surface area contributed by atoms with E-state index in [2.05, 4.69) is 73.1 Å². The van der Waals surface area contributed by atoms with Crippen LogP contribution in [0.4, 0.5) is 10.5 Å². The Labute approximate surface area is 117 Å². The van der Waals surface area contributed by atoms with Crippen LogP contribution in [0.2, 0.25) is 0 Å². The lowest BCUT2D eigenvalue weighted by atomic mass is 10.3. The van der Waals surface area contributed by atoms with Crippen LogP contribution in [0.25, 0.3) is 0 Å². The topological polar surface area (TPSA) is 55.1 Å². The van der Waals surface area contributed by atoms with E-state index in [9.17, 15) is 4.79 Å². The molecule has 0 spiro atoms. The number of halogens is 3. The number of anilines is 1. The highest BCUT2D eigenvalue weighted by atomic mass is 127. The van der Waals surface area contributed by atoms with Crippen molar-refractivity contribution < 1.29 is 4.79 Å². The third-order valence-electron chi connectivity index (χ3n) is 1.29. The van der Waals surface area contributed by atoms with Gasteiger partial charge in [-0.25, -0.2) is 4.79 Å². The molecule has 0 saturated heterocycles. The summed E-state index contributed by atoms with van der Waals surface area (Å²) in [6.07, 6.45) is 0. The Morgan fingerprint density at radius 1 is 1.23 bits per heavy atom. The maximum absolute atomic E-state index is 10.6. The summed E-state index contributed by atoms with van der Waals surface area (Å²) in [5, 5.41) is 2.56. The van der Waals surface area contributed by atoms with E-state index < -0.39 is 6.03 Å². The van der Waals surface area contributed by atoms with Crippen LogP contribution in [0.5, 0.6) is 0 Å². The van der Waals surface area contributed by atoms with E-state index in [-0.39, 0.29) is 0 Å². The Bertz CT molecular complexity index is 354. The molecule has 6 heteroatoms. The summed E-state index contributed by atoms with van der Waals surface area (Å²) in [6.45, 7) is 0. The molecule has 0 atom stereocenters. The van der Waals surface area contributed by atoms with Gasteiger partial charge in [-0.05, 0) is 79.9 Å². The lowest BCUT2D eigenvalue weighted by Crippen LogP contribution is -2.20. The second-order valence-corrected chi connectivity index (χ2v) is 5.53. The summed E-state index contributed by atoms with van der Waals surface area (Å²) < 4.78 is 3.31. The molecule has 1 aromatic rings. The summed E-state index contributed by atoms with van der Waals surface area (Å²) in [6, 6.07) is 3.25. The Morgan fingerprint density at radius 2 is 1.85 bits per heavy atom. The summed E-state index contributed by atoms with van der Waals surface area (Å²) in [5.41, 5.74) is 5.79. The molecule has 0 heterocycles. The smallest absolute Gasteiger partial charge is 0.316 e. The lowest BCUT2D eigenvalue weighted by molar-refractivity contribution is 0.259. The maximum Gasteiger partial charge on any atom is 0.316 e. The summed E-state index contributed by atoms with van der Waals surface area (Å²) in [4.78, 5) is 10.6. The van der Waals surface area contributed by atoms with Crippen LogP contribution >= 0.6 is 67.8 Å². The fraction of sp³-hybridized carbons (Fsp3) is 0. The fourth-order valence-electron chi connectivity index (χ4n) is 0.755. The molecule has 0 aliphatic rings. The monoisotopic (exact) mass is 514 g/mol. The van der Waals surface area contributed by atoms with Crippen molar-refractivity contribution >= 4 is 79.5 Å². The van der Waals surface area contributed by atoms with Crippen molar-refractivity contribution in [3.63, 3.8) is 0 Å². The van der Waals surface area contributed by atoms with E-state index in [0.717, 1.165) is 16.4 Å². The van der Waals surface area contributed by atoms with Gasteiger partial charge in [-0.1, -0.05) is 0 Å². The molecule has 1 rings (SSSR count). The molecule has 0 bridgehead atoms. The first-order chi connectivity index (χ1) is 6.02. The van der Waals surface area contributed by atoms with Crippen molar-refractivity contribution in [3.8, 4) is 0 Å². The maximum atomic E-state index is 10.6. The number of primary amides is 1. The highest BCUT2D eigenvalue weighted by Crippen LogP contribution is 2.27. The van der Waals surface area contributed by atoms with Gasteiger partial charge in [-0.2, -0.15) is 0 Å². The van der Waals surface area contributed by atoms with E-state index in [1.165, 1.54) is 0 Å². The molecule has 0 radical (unpaired) electrons. The molecule has 0 unspecified atom stereocenters. The van der Waals surface area contributed by atoms with Crippen molar-refractivity contribution in [3.05, 3.63) is 22.8 Å². The van der Waals surface area contributed by atoms with Crippen LogP contribution in [0.3, 0.4) is 0 Å². The van der Waals surface area contributed by atoms with E-state index in [1.54, 1.807) is 0 Å². The van der Waals surface area contributed by atoms with E-state index in [1.807, 2.05) is 12.1 Å². The SMILES string of the molecule is NC(=O)Nc1ccc(I)c(I)c1I. The van der Waals surface area contributed by atoms with Gasteiger partial charge in [-0.15, -0.1) is 0 Å². The zero-order valence-electron chi connectivity index (χ0n) is 6.27. The van der Waals surface area contributed by atoms with Gasteiger partial charge >= 0.3 is 6.03 Å². The molecule has 3 N–H and O–H groups in total. The predicted octanol–water partition coefficient (Wildman–Crippen LogP) is 2.99. The van der Waals surface area contributed by atoms with Crippen molar-refractivity contribution in [2.75, 3.05) is 5.32 Å². The summed E-state index contributed by atoms with van der Waals surface area (Å²) in [5.74, 6) is 0. The molecule has 0 aliphatic carbocycles. The van der Waals surface area contributed by atoms with Crippen molar-refractivity contribution in [1.82, 2.24) is 0 Å². The average molecular weight is 514 g/mol. The molecular weight excluding hydrogens is 509 g/mol. The van der Waals surface area contributed by atoms with Crippen LogP contribution in [0.1, 0.15) is 0 Å². The molecular formula is C7H5I3N2O. The largest absolute Gasteiger partial charge is 0.351 e. The summed E-state index contributed by atoms with van der Waals surface area (Å²) >= 11 is 6.66. The number of amides is 2. The minimum atomic E-state index is -0.532. The standard InChI is InChI=1S/C7H5I3N2O/c8-3-1-2-4(12-7(11)13)6(10)5(3)9/h1-2H,(H3,11,12,13). The lowest BCUT2D eigenvalue weighted by Gasteiger charge is -2.07. The zero-order valence-corrected chi connectivity index (χ0v) is 12.7. The molecule has 2 amide bonds. The highest BCUT2D eigenvalue weighted by molar-refractivity contribution is 14.1. The number of hydrogen-bond acceptors (Lipinski definition) is 1. The third kappa shape index (κ3) is 3.08. The number of hydrogen-bond donors (Lipinski definition) is 2. The number of nitrogens with one attached hydrogen (secondary N) is 1. The molecule has 0 aliphatic heterocycles. The number of rotatable bonds is 1. The first-order valence-electron chi connectivity index (χ1n) is 3.22. The van der Waals surface area contributed by atoms with E-state index >= 15 is 0 Å². The fourth-order valence-corrected chi connectivity index (χ4v) is 2.80. The number of carbonyl (C=O) groups is 1. The third-order valence-corrected chi connectivity index (χ3v) is 6.50. The van der Waals surface area contributed by atoms with Gasteiger partial charge in [-0.3, -0.25) is 0 Å². The van der Waals surface area contributed by atoms with E-state index in [4.69, 9.17) is 5.73 Å². The van der Waals surface area contributed by atoms with Crippen molar-refractivity contribution in [2.45, 2.75) is 0 Å². The Balaban J connectivity index is 3.10. The number of nitrogens with two attached hydrogens (primary N) is 1. The Kier molecular flexibility index (Phi) is 4.48. The minimum Gasteiger partial charge on any atom is -0.351 e. The molecule has 0 fully saturated rings. The van der Waals surface area contributed by atoms with Gasteiger partial charge in [0, 0.05) is 7.14 Å². The molecule has 3 nitrogen and oxygen atoms in total. The van der Waals surface area contributed by atoms with Crippen molar-refractivity contribution in [1.29, 1.82) is 0 Å². The van der Waals surface area contributed by atoms with Gasteiger partial charge in [0.1, 0.15) is 0 Å². The van der Waals surface area contributed by atoms with Crippen LogP contribution in [0.15, 0.2) is 12.1 Å². The molecule has 0 saturated carbocycles. The normalized spacial score (nSPS) is 9.77. The van der Waals surface area contributed by atoms with Crippen LogP contribution in [-0.4, -0.2) is 6.03 Å². The van der Waals surface area contributed by atoms with Gasteiger partial charge in [0.2, 0.25) is 0 Å². The second-order valence-electron chi connectivity index (χ2n) is 2.21. The van der Waals surface area contributed by atoms with E-state index in [0.29, 0.717) is 0 Å². The van der Waals surface area contributed by atoms with Gasteiger partial charge < -0.3 is 11.1 Å². The Hall–Kier alpha value is 0.680. The first kappa shape index (κ1) is 11.8. The molecule has 1 aromatic carbocycles. The van der Waals surface area contributed by atoms with Gasteiger partial charge in [0.15, 0.2) is 0 Å². The molecule has 13 heavy (non-hydrogen) atoms. The molecule has 0 aromatic heterocycles. The average Bonchev–Trinajstić information content (AvgIpc) is 2.06. The second kappa shape index (κ2) is 4.96. The highest BCUT2D eigenvalue weighted by Gasteiger charge is 2.07. The summed E-state index contributed by atoms with van der Waals surface area (Å²) in [7, 11) is 0. The van der Waals surface area contributed by atoms with Crippen LogP contribution in [0, 0.1) is 10.7 Å². The predicted molar refractivity (Wildman–Crippen MR) is 77.8 cm³/mol. The minimum absolute atomic E-state index is 0.532. The van der Waals surface area contributed by atoms with Gasteiger partial charge in [0.25, 0.3) is 0 Å². The van der Waals surface area contributed by atoms with Gasteiger partial charge in [0.05, 0.1) is 9.26 Å². The Morgan fingerprint density at radius 3 is 2.38 bits per heavy atom. The zero-order chi connectivity index (χ0) is 10.0. The number of carbonyl (C=O) groups excluding carboxylic acids is 1.